The predicted octanol–water partition coefficient (Wildman–Crippen LogP) is 2.76. The maximum Gasteiger partial charge on any atom is 0.312 e. The summed E-state index contributed by atoms with van der Waals surface area (Å²) in [5.74, 6) is -1.89. The van der Waals surface area contributed by atoms with Gasteiger partial charge >= 0.3 is 5.97 Å². The van der Waals surface area contributed by atoms with E-state index >= 15 is 0 Å². The highest BCUT2D eigenvalue weighted by molar-refractivity contribution is 6.00. The van der Waals surface area contributed by atoms with Crippen molar-refractivity contribution < 1.29 is 9.90 Å². The van der Waals surface area contributed by atoms with E-state index in [9.17, 15) is 14.7 Å². The van der Waals surface area contributed by atoms with E-state index in [1.54, 1.807) is 38.4 Å². The molecule has 0 spiro atoms. The molecule has 1 aromatic carbocycles. The summed E-state index contributed by atoms with van der Waals surface area (Å²) in [6.45, 7) is 3.62. The summed E-state index contributed by atoms with van der Waals surface area (Å²) >= 11 is 0. The Kier molecular flexibility index (Phi) is 5.30. The Morgan fingerprint density at radius 2 is 2.00 bits per heavy atom. The van der Waals surface area contributed by atoms with Gasteiger partial charge in [-0.1, -0.05) is 24.3 Å². The summed E-state index contributed by atoms with van der Waals surface area (Å²) < 4.78 is 1.35. The second-order valence-corrected chi connectivity index (χ2v) is 6.20. The number of pyridine rings is 1. The molecule has 0 saturated heterocycles. The number of carbonyl (C=O) groups is 1. The minimum Gasteiger partial charge on any atom is -0.481 e. The summed E-state index contributed by atoms with van der Waals surface area (Å²) in [5.41, 5.74) is 2.33. The lowest BCUT2D eigenvalue weighted by atomic mass is 10.0. The number of carboxylic acids is 1. The molecule has 1 unspecified atom stereocenters. The minimum atomic E-state index is -1.02. The van der Waals surface area contributed by atoms with Gasteiger partial charge in [0, 0.05) is 18.1 Å². The lowest BCUT2D eigenvalue weighted by Crippen LogP contribution is -2.20. The minimum absolute atomic E-state index is 0.289. The van der Waals surface area contributed by atoms with Crippen molar-refractivity contribution in [3.63, 3.8) is 0 Å². The number of aliphatic imine (C=N–C) groups is 1. The SMILES string of the molecule is CC(=NCc1cccnc1)c1c(C(C)C(=O)O)[nH]n(-c2ccccc2)c1=O. The number of H-pyrrole nitrogens is 1. The van der Waals surface area contributed by atoms with E-state index in [1.165, 1.54) is 4.68 Å². The van der Waals surface area contributed by atoms with Crippen LogP contribution >= 0.6 is 0 Å². The average Bonchev–Trinajstić information content (AvgIpc) is 3.04. The van der Waals surface area contributed by atoms with Crippen LogP contribution in [-0.2, 0) is 11.3 Å². The Labute approximate surface area is 156 Å². The number of benzene rings is 1. The molecule has 0 fully saturated rings. The molecule has 2 N–H and O–H groups in total. The van der Waals surface area contributed by atoms with E-state index in [2.05, 4.69) is 15.1 Å². The third-order valence-corrected chi connectivity index (χ3v) is 4.32. The summed E-state index contributed by atoms with van der Waals surface area (Å²) in [6.07, 6.45) is 3.38. The molecule has 0 aliphatic heterocycles. The molecule has 0 aliphatic rings. The number of nitrogens with one attached hydrogen (secondary N) is 1. The first-order chi connectivity index (χ1) is 13.0. The highest BCUT2D eigenvalue weighted by Gasteiger charge is 2.25. The maximum absolute atomic E-state index is 13.0. The first-order valence-electron chi connectivity index (χ1n) is 8.52. The fraction of sp³-hybridized carbons (Fsp3) is 0.200. The van der Waals surface area contributed by atoms with Crippen LogP contribution in [0, 0.1) is 0 Å². The van der Waals surface area contributed by atoms with Gasteiger partial charge in [0.2, 0.25) is 0 Å². The van der Waals surface area contributed by atoms with Crippen molar-refractivity contribution >= 4 is 11.7 Å². The third-order valence-electron chi connectivity index (χ3n) is 4.32. The lowest BCUT2D eigenvalue weighted by Gasteiger charge is -2.07. The Morgan fingerprint density at radius 3 is 2.63 bits per heavy atom. The van der Waals surface area contributed by atoms with Crippen LogP contribution in [-0.4, -0.2) is 31.6 Å². The zero-order valence-electron chi connectivity index (χ0n) is 15.1. The number of hydrogen-bond donors (Lipinski definition) is 2. The van der Waals surface area contributed by atoms with Gasteiger partial charge < -0.3 is 5.11 Å². The van der Waals surface area contributed by atoms with E-state index in [0.717, 1.165) is 5.56 Å². The third kappa shape index (κ3) is 3.87. The molecule has 0 saturated carbocycles. The molecule has 27 heavy (non-hydrogen) atoms. The molecular formula is C20H20N4O3. The van der Waals surface area contributed by atoms with E-state index in [1.807, 2.05) is 30.3 Å². The van der Waals surface area contributed by atoms with E-state index in [0.29, 0.717) is 23.6 Å². The van der Waals surface area contributed by atoms with E-state index in [4.69, 9.17) is 0 Å². The number of carboxylic acid groups (broad SMARTS) is 1. The number of para-hydroxylation sites is 1. The number of rotatable bonds is 6. The Hall–Kier alpha value is -3.48. The van der Waals surface area contributed by atoms with Crippen molar-refractivity contribution in [1.29, 1.82) is 0 Å². The number of hydrogen-bond acceptors (Lipinski definition) is 4. The molecule has 0 bridgehead atoms. The topological polar surface area (TPSA) is 100 Å². The van der Waals surface area contributed by atoms with Crippen LogP contribution in [0.25, 0.3) is 5.69 Å². The van der Waals surface area contributed by atoms with Crippen LogP contribution in [0.15, 0.2) is 64.6 Å². The Balaban J connectivity index is 2.08. The van der Waals surface area contributed by atoms with Crippen LogP contribution in [0.1, 0.15) is 36.6 Å². The number of aromatic amines is 1. The first-order valence-corrected chi connectivity index (χ1v) is 8.52. The summed E-state index contributed by atoms with van der Waals surface area (Å²) in [4.78, 5) is 33.1. The van der Waals surface area contributed by atoms with Crippen molar-refractivity contribution in [1.82, 2.24) is 14.8 Å². The van der Waals surface area contributed by atoms with E-state index in [-0.39, 0.29) is 11.1 Å². The molecule has 1 atom stereocenters. The second-order valence-electron chi connectivity index (χ2n) is 6.20. The number of aromatic nitrogens is 3. The molecule has 7 heteroatoms. The quantitative estimate of drug-likeness (QED) is 0.657. The Bertz CT molecular complexity index is 1020. The molecule has 0 aliphatic carbocycles. The maximum atomic E-state index is 13.0. The summed E-state index contributed by atoms with van der Waals surface area (Å²) in [7, 11) is 0. The molecule has 2 heterocycles. The fourth-order valence-corrected chi connectivity index (χ4v) is 2.78. The van der Waals surface area contributed by atoms with Crippen LogP contribution in [0.4, 0.5) is 0 Å². The Morgan fingerprint density at radius 1 is 1.26 bits per heavy atom. The smallest absolute Gasteiger partial charge is 0.312 e. The van der Waals surface area contributed by atoms with Gasteiger partial charge in [0.05, 0.1) is 29.4 Å². The summed E-state index contributed by atoms with van der Waals surface area (Å²) in [5, 5.41) is 12.4. The highest BCUT2D eigenvalue weighted by atomic mass is 16.4. The van der Waals surface area contributed by atoms with Crippen LogP contribution in [0.5, 0.6) is 0 Å². The molecule has 7 nitrogen and oxygen atoms in total. The lowest BCUT2D eigenvalue weighted by molar-refractivity contribution is -0.138. The molecule has 3 aromatic rings. The van der Waals surface area contributed by atoms with Crippen LogP contribution < -0.4 is 5.56 Å². The number of aliphatic carboxylic acids is 1. The second kappa shape index (κ2) is 7.82. The molecule has 0 amide bonds. The highest BCUT2D eigenvalue weighted by Crippen LogP contribution is 2.19. The molecule has 0 radical (unpaired) electrons. The first kappa shape index (κ1) is 18.3. The fourth-order valence-electron chi connectivity index (χ4n) is 2.78. The molecular weight excluding hydrogens is 344 g/mol. The van der Waals surface area contributed by atoms with Crippen molar-refractivity contribution in [3.05, 3.63) is 82.0 Å². The summed E-state index contributed by atoms with van der Waals surface area (Å²) in [6, 6.07) is 12.7. The zero-order valence-corrected chi connectivity index (χ0v) is 15.1. The monoisotopic (exact) mass is 364 g/mol. The predicted molar refractivity (Wildman–Crippen MR) is 103 cm³/mol. The number of nitrogens with zero attached hydrogens (tertiary/aromatic N) is 3. The van der Waals surface area contributed by atoms with Crippen molar-refractivity contribution in [2.45, 2.75) is 26.3 Å². The van der Waals surface area contributed by atoms with Crippen LogP contribution in [0.2, 0.25) is 0 Å². The zero-order chi connectivity index (χ0) is 19.4. The van der Waals surface area contributed by atoms with Gasteiger partial charge in [0.15, 0.2) is 0 Å². The van der Waals surface area contributed by atoms with Crippen LogP contribution in [0.3, 0.4) is 0 Å². The van der Waals surface area contributed by atoms with Gasteiger partial charge in [0.25, 0.3) is 5.56 Å². The standard InChI is InChI=1S/C20H20N4O3/c1-13(20(26)27)18-17(14(2)22-12-15-7-6-10-21-11-15)19(25)24(23-18)16-8-4-3-5-9-16/h3-11,13,23H,12H2,1-2H3,(H,26,27). The van der Waals surface area contributed by atoms with Gasteiger partial charge in [-0.2, -0.15) is 0 Å². The van der Waals surface area contributed by atoms with Gasteiger partial charge in [-0.05, 0) is 37.6 Å². The largest absolute Gasteiger partial charge is 0.481 e. The van der Waals surface area contributed by atoms with Crippen molar-refractivity contribution in [2.75, 3.05) is 0 Å². The molecule has 3 rings (SSSR count). The van der Waals surface area contributed by atoms with E-state index < -0.39 is 11.9 Å². The normalized spacial score (nSPS) is 12.7. The molecule has 138 valence electrons. The van der Waals surface area contributed by atoms with Crippen molar-refractivity contribution in [2.24, 2.45) is 4.99 Å². The van der Waals surface area contributed by atoms with Gasteiger partial charge in [-0.25, -0.2) is 4.68 Å². The molecule has 2 aromatic heterocycles. The van der Waals surface area contributed by atoms with Gasteiger partial charge in [-0.15, -0.1) is 0 Å². The van der Waals surface area contributed by atoms with Crippen molar-refractivity contribution in [3.8, 4) is 5.69 Å². The van der Waals surface area contributed by atoms with Gasteiger partial charge in [-0.3, -0.25) is 24.7 Å². The average molecular weight is 364 g/mol. The van der Waals surface area contributed by atoms with Gasteiger partial charge in [0.1, 0.15) is 0 Å².